The van der Waals surface area contributed by atoms with Crippen molar-refractivity contribution in [2.75, 3.05) is 13.1 Å². The van der Waals surface area contributed by atoms with Crippen molar-refractivity contribution >= 4 is 5.91 Å². The Labute approximate surface area is 158 Å². The molecule has 1 amide bonds. The molecule has 142 valence electrons. The fourth-order valence-corrected chi connectivity index (χ4v) is 5.69. The van der Waals surface area contributed by atoms with Gasteiger partial charge in [0, 0.05) is 26.1 Å². The number of nitrogens with zero attached hydrogens (tertiary/aromatic N) is 1. The molecule has 1 heterocycles. The first kappa shape index (κ1) is 18.0. The van der Waals surface area contributed by atoms with E-state index in [2.05, 4.69) is 41.4 Å². The first-order valence-electron chi connectivity index (χ1n) is 10.7. The van der Waals surface area contributed by atoms with Crippen molar-refractivity contribution in [1.29, 1.82) is 0 Å². The number of piperidine rings is 1. The van der Waals surface area contributed by atoms with Crippen LogP contribution in [-0.4, -0.2) is 23.9 Å². The van der Waals surface area contributed by atoms with Gasteiger partial charge in [0.05, 0.1) is 0 Å². The van der Waals surface area contributed by atoms with Crippen LogP contribution in [0.25, 0.3) is 0 Å². The maximum absolute atomic E-state index is 12.5. The van der Waals surface area contributed by atoms with Crippen LogP contribution in [0.4, 0.5) is 0 Å². The molecule has 3 fully saturated rings. The van der Waals surface area contributed by atoms with Gasteiger partial charge in [0.2, 0.25) is 5.91 Å². The molecule has 1 aromatic carbocycles. The summed E-state index contributed by atoms with van der Waals surface area (Å²) in [6, 6.07) is 8.64. The number of nitrogens with one attached hydrogen (secondary N) is 1. The molecular formula is C23H34N2O. The summed E-state index contributed by atoms with van der Waals surface area (Å²) in [5.41, 5.74) is 2.66. The summed E-state index contributed by atoms with van der Waals surface area (Å²) < 4.78 is 0. The molecule has 26 heavy (non-hydrogen) atoms. The van der Waals surface area contributed by atoms with Crippen LogP contribution in [0.15, 0.2) is 24.3 Å². The number of benzene rings is 1. The fourth-order valence-electron chi connectivity index (χ4n) is 5.69. The van der Waals surface area contributed by atoms with Crippen LogP contribution in [0.5, 0.6) is 0 Å². The van der Waals surface area contributed by atoms with Crippen molar-refractivity contribution in [3.05, 3.63) is 35.4 Å². The van der Waals surface area contributed by atoms with E-state index in [4.69, 9.17) is 0 Å². The van der Waals surface area contributed by atoms with Gasteiger partial charge < -0.3 is 5.32 Å². The Morgan fingerprint density at radius 3 is 2.73 bits per heavy atom. The highest BCUT2D eigenvalue weighted by Gasteiger charge is 2.40. The maximum atomic E-state index is 12.5. The van der Waals surface area contributed by atoms with Crippen molar-refractivity contribution in [3.8, 4) is 0 Å². The summed E-state index contributed by atoms with van der Waals surface area (Å²) in [4.78, 5) is 15.0. The van der Waals surface area contributed by atoms with Crippen LogP contribution in [0.1, 0.15) is 63.0 Å². The molecule has 0 spiro atoms. The molecule has 3 nitrogen and oxygen atoms in total. The smallest absolute Gasteiger partial charge is 0.220 e. The number of hydrogen-bond donors (Lipinski definition) is 1. The summed E-state index contributed by atoms with van der Waals surface area (Å²) in [5.74, 6) is 3.46. The fraction of sp³-hybridized carbons (Fsp3) is 0.696. The molecule has 2 saturated carbocycles. The number of amides is 1. The monoisotopic (exact) mass is 354 g/mol. The molecule has 1 aliphatic heterocycles. The van der Waals surface area contributed by atoms with E-state index in [9.17, 15) is 4.79 Å². The van der Waals surface area contributed by atoms with Gasteiger partial charge in [-0.25, -0.2) is 0 Å². The van der Waals surface area contributed by atoms with Gasteiger partial charge >= 0.3 is 0 Å². The molecule has 4 unspecified atom stereocenters. The Kier molecular flexibility index (Phi) is 5.63. The number of carbonyl (C=O) groups is 1. The SMILES string of the molecule is CC1CCCN(Cc2ccccc2CNC(=O)CC2CC3CCC2C3)C1. The number of likely N-dealkylation sites (tertiary alicyclic amines) is 1. The minimum Gasteiger partial charge on any atom is -0.352 e. The van der Waals surface area contributed by atoms with Crippen molar-refractivity contribution in [2.24, 2.45) is 23.7 Å². The first-order chi connectivity index (χ1) is 12.7. The second-order valence-electron chi connectivity index (χ2n) is 9.17. The third-order valence-electron chi connectivity index (χ3n) is 7.06. The van der Waals surface area contributed by atoms with E-state index in [-0.39, 0.29) is 5.91 Å². The van der Waals surface area contributed by atoms with Gasteiger partial charge in [-0.15, -0.1) is 0 Å². The van der Waals surface area contributed by atoms with Gasteiger partial charge in [-0.2, -0.15) is 0 Å². The van der Waals surface area contributed by atoms with Gasteiger partial charge in [-0.1, -0.05) is 37.6 Å². The lowest BCUT2D eigenvalue weighted by Crippen LogP contribution is -2.34. The molecule has 3 aliphatic rings. The Morgan fingerprint density at radius 2 is 2.00 bits per heavy atom. The third kappa shape index (κ3) is 4.31. The molecule has 1 aromatic rings. The standard InChI is InChI=1S/C23H34N2O/c1-17-5-4-10-25(15-17)16-21-7-3-2-6-20(21)14-24-23(26)13-22-12-18-8-9-19(22)11-18/h2-3,6-7,17-19,22H,4-5,8-16H2,1H3,(H,24,26). The zero-order valence-corrected chi connectivity index (χ0v) is 16.3. The molecule has 4 atom stereocenters. The molecule has 0 radical (unpaired) electrons. The minimum absolute atomic E-state index is 0.254. The second-order valence-corrected chi connectivity index (χ2v) is 9.17. The van der Waals surface area contributed by atoms with E-state index in [1.54, 1.807) is 0 Å². The number of hydrogen-bond acceptors (Lipinski definition) is 2. The van der Waals surface area contributed by atoms with Crippen LogP contribution in [-0.2, 0) is 17.9 Å². The molecule has 4 rings (SSSR count). The van der Waals surface area contributed by atoms with Gasteiger partial charge in [0.1, 0.15) is 0 Å². The van der Waals surface area contributed by atoms with Crippen molar-refractivity contribution in [1.82, 2.24) is 10.2 Å². The average molecular weight is 355 g/mol. The Bertz CT molecular complexity index is 628. The zero-order valence-electron chi connectivity index (χ0n) is 16.3. The van der Waals surface area contributed by atoms with Gasteiger partial charge in [0.25, 0.3) is 0 Å². The number of fused-ring (bicyclic) bond motifs is 2. The number of rotatable bonds is 6. The summed E-state index contributed by atoms with van der Waals surface area (Å²) >= 11 is 0. The molecular weight excluding hydrogens is 320 g/mol. The van der Waals surface area contributed by atoms with Crippen molar-refractivity contribution in [3.63, 3.8) is 0 Å². The summed E-state index contributed by atoms with van der Waals surface area (Å²) in [6.07, 6.45) is 8.86. The summed E-state index contributed by atoms with van der Waals surface area (Å²) in [6.45, 7) is 6.45. The Hall–Kier alpha value is -1.35. The largest absolute Gasteiger partial charge is 0.352 e. The van der Waals surface area contributed by atoms with Crippen LogP contribution < -0.4 is 5.32 Å². The van der Waals surface area contributed by atoms with Crippen molar-refractivity contribution in [2.45, 2.75) is 65.0 Å². The Balaban J connectivity index is 1.29. The van der Waals surface area contributed by atoms with E-state index in [1.807, 2.05) is 0 Å². The molecule has 1 N–H and O–H groups in total. The number of carbonyl (C=O) groups excluding carboxylic acids is 1. The Morgan fingerprint density at radius 1 is 1.15 bits per heavy atom. The van der Waals surface area contributed by atoms with Gasteiger partial charge in [0.15, 0.2) is 0 Å². The molecule has 1 saturated heterocycles. The van der Waals surface area contributed by atoms with E-state index < -0.39 is 0 Å². The van der Waals surface area contributed by atoms with Crippen LogP contribution in [0, 0.1) is 23.7 Å². The topological polar surface area (TPSA) is 32.3 Å². The highest BCUT2D eigenvalue weighted by molar-refractivity contribution is 5.76. The average Bonchev–Trinajstić information content (AvgIpc) is 3.24. The predicted octanol–water partition coefficient (Wildman–Crippen LogP) is 4.36. The van der Waals surface area contributed by atoms with Crippen LogP contribution in [0.3, 0.4) is 0 Å². The zero-order chi connectivity index (χ0) is 17.9. The molecule has 2 aliphatic carbocycles. The predicted molar refractivity (Wildman–Crippen MR) is 106 cm³/mol. The lowest BCUT2D eigenvalue weighted by Gasteiger charge is -2.31. The second kappa shape index (κ2) is 8.12. The molecule has 3 heteroatoms. The maximum Gasteiger partial charge on any atom is 0.220 e. The van der Waals surface area contributed by atoms with E-state index in [0.29, 0.717) is 12.5 Å². The normalized spacial score (nSPS) is 31.3. The summed E-state index contributed by atoms with van der Waals surface area (Å²) in [7, 11) is 0. The third-order valence-corrected chi connectivity index (χ3v) is 7.06. The van der Waals surface area contributed by atoms with Crippen LogP contribution in [0.2, 0.25) is 0 Å². The summed E-state index contributed by atoms with van der Waals surface area (Å²) in [5, 5.41) is 3.21. The lowest BCUT2D eigenvalue weighted by atomic mass is 9.86. The molecule has 0 aromatic heterocycles. The van der Waals surface area contributed by atoms with Crippen LogP contribution >= 0.6 is 0 Å². The van der Waals surface area contributed by atoms with E-state index >= 15 is 0 Å². The first-order valence-corrected chi connectivity index (χ1v) is 10.7. The highest BCUT2D eigenvalue weighted by atomic mass is 16.1. The van der Waals surface area contributed by atoms with Gasteiger partial charge in [-0.3, -0.25) is 9.69 Å². The van der Waals surface area contributed by atoms with Gasteiger partial charge in [-0.05, 0) is 73.4 Å². The van der Waals surface area contributed by atoms with E-state index in [0.717, 1.165) is 30.7 Å². The van der Waals surface area contributed by atoms with Crippen molar-refractivity contribution < 1.29 is 4.79 Å². The quantitative estimate of drug-likeness (QED) is 0.823. The lowest BCUT2D eigenvalue weighted by molar-refractivity contribution is -0.122. The van der Waals surface area contributed by atoms with E-state index in [1.165, 1.54) is 62.7 Å². The minimum atomic E-state index is 0.254. The molecule has 2 bridgehead atoms. The highest BCUT2D eigenvalue weighted by Crippen LogP contribution is 2.49.